The summed E-state index contributed by atoms with van der Waals surface area (Å²) in [7, 11) is 1.68. The molecule has 2 rings (SSSR count). The molecular formula is C11H15N5O3. The second-order valence-corrected chi connectivity index (χ2v) is 4.12. The normalized spacial score (nSPS) is 10.6. The molecule has 0 aliphatic carbocycles. The van der Waals surface area contributed by atoms with Gasteiger partial charge in [-0.25, -0.2) is 4.68 Å². The Hall–Kier alpha value is -2.38. The number of rotatable bonds is 6. The second kappa shape index (κ2) is 5.51. The highest BCUT2D eigenvalue weighted by atomic mass is 16.6. The van der Waals surface area contributed by atoms with Gasteiger partial charge < -0.3 is 9.84 Å². The van der Waals surface area contributed by atoms with Crippen LogP contribution in [0.15, 0.2) is 16.9 Å². The van der Waals surface area contributed by atoms with Crippen molar-refractivity contribution < 1.29 is 9.45 Å². The summed E-state index contributed by atoms with van der Waals surface area (Å²) in [5, 5.41) is 22.1. The van der Waals surface area contributed by atoms with Gasteiger partial charge in [0, 0.05) is 13.1 Å². The minimum absolute atomic E-state index is 0.0350. The van der Waals surface area contributed by atoms with E-state index in [4.69, 9.17) is 4.52 Å². The molecule has 19 heavy (non-hydrogen) atoms. The van der Waals surface area contributed by atoms with Crippen molar-refractivity contribution in [2.75, 3.05) is 5.32 Å². The van der Waals surface area contributed by atoms with E-state index in [-0.39, 0.29) is 5.69 Å². The first kappa shape index (κ1) is 13.1. The molecule has 0 aliphatic rings. The molecule has 0 saturated heterocycles. The lowest BCUT2D eigenvalue weighted by molar-refractivity contribution is -0.384. The molecule has 0 aromatic carbocycles. The summed E-state index contributed by atoms with van der Waals surface area (Å²) >= 11 is 0. The Morgan fingerprint density at radius 2 is 2.37 bits per heavy atom. The van der Waals surface area contributed by atoms with Crippen LogP contribution >= 0.6 is 0 Å². The zero-order valence-corrected chi connectivity index (χ0v) is 10.8. The van der Waals surface area contributed by atoms with Crippen molar-refractivity contribution in [3.63, 3.8) is 0 Å². The Labute approximate surface area is 109 Å². The molecule has 0 fully saturated rings. The second-order valence-electron chi connectivity index (χ2n) is 4.12. The van der Waals surface area contributed by atoms with Crippen molar-refractivity contribution in [2.24, 2.45) is 7.05 Å². The van der Waals surface area contributed by atoms with Gasteiger partial charge in [-0.15, -0.1) is 0 Å². The van der Waals surface area contributed by atoms with E-state index in [1.54, 1.807) is 13.1 Å². The van der Waals surface area contributed by atoms with Gasteiger partial charge in [-0.1, -0.05) is 18.5 Å². The highest BCUT2D eigenvalue weighted by molar-refractivity contribution is 5.59. The summed E-state index contributed by atoms with van der Waals surface area (Å²) < 4.78 is 6.20. The third-order valence-corrected chi connectivity index (χ3v) is 2.69. The molecule has 0 bridgehead atoms. The molecule has 1 N–H and O–H groups in total. The van der Waals surface area contributed by atoms with Crippen LogP contribution in [-0.4, -0.2) is 19.9 Å². The van der Waals surface area contributed by atoms with E-state index >= 15 is 0 Å². The first-order valence-corrected chi connectivity index (χ1v) is 5.96. The van der Waals surface area contributed by atoms with Gasteiger partial charge in [-0.3, -0.25) is 10.1 Å². The first-order valence-electron chi connectivity index (χ1n) is 5.96. The zero-order chi connectivity index (χ0) is 13.8. The summed E-state index contributed by atoms with van der Waals surface area (Å²) in [6, 6.07) is 1.70. The number of anilines is 1. The molecule has 0 unspecified atom stereocenters. The highest BCUT2D eigenvalue weighted by Gasteiger charge is 2.25. The predicted molar refractivity (Wildman–Crippen MR) is 67.7 cm³/mol. The average Bonchev–Trinajstić information content (AvgIpc) is 2.95. The Morgan fingerprint density at radius 1 is 1.58 bits per heavy atom. The van der Waals surface area contributed by atoms with Gasteiger partial charge in [0.05, 0.1) is 11.5 Å². The average molecular weight is 265 g/mol. The van der Waals surface area contributed by atoms with Crippen LogP contribution in [0.3, 0.4) is 0 Å². The van der Waals surface area contributed by atoms with Crippen LogP contribution in [0.25, 0.3) is 0 Å². The summed E-state index contributed by atoms with van der Waals surface area (Å²) in [4.78, 5) is 10.8. The number of aryl methyl sites for hydroxylation is 2. The molecule has 0 aliphatic heterocycles. The Bertz CT molecular complexity index is 561. The van der Waals surface area contributed by atoms with Crippen LogP contribution in [0.2, 0.25) is 0 Å². The predicted octanol–water partition coefficient (Wildman–Crippen LogP) is 1.88. The van der Waals surface area contributed by atoms with Gasteiger partial charge in [0.2, 0.25) is 5.82 Å². The van der Waals surface area contributed by atoms with Crippen LogP contribution in [0.4, 0.5) is 11.5 Å². The van der Waals surface area contributed by atoms with Crippen molar-refractivity contribution in [2.45, 2.75) is 26.3 Å². The number of aromatic nitrogens is 3. The SMILES string of the molecule is CCCc1nn(C)c(NCc2ccon2)c1[N+](=O)[O-]. The van der Waals surface area contributed by atoms with Crippen LogP contribution in [-0.2, 0) is 20.0 Å². The fourth-order valence-corrected chi connectivity index (χ4v) is 1.87. The van der Waals surface area contributed by atoms with Crippen molar-refractivity contribution in [1.29, 1.82) is 0 Å². The molecule has 0 amide bonds. The Morgan fingerprint density at radius 3 is 2.95 bits per heavy atom. The van der Waals surface area contributed by atoms with Crippen molar-refractivity contribution >= 4 is 11.5 Å². The van der Waals surface area contributed by atoms with Crippen LogP contribution in [0, 0.1) is 10.1 Å². The van der Waals surface area contributed by atoms with Crippen molar-refractivity contribution in [3.05, 3.63) is 33.8 Å². The maximum atomic E-state index is 11.2. The van der Waals surface area contributed by atoms with Gasteiger partial charge in [0.1, 0.15) is 17.7 Å². The van der Waals surface area contributed by atoms with E-state index in [9.17, 15) is 10.1 Å². The number of nitrogens with one attached hydrogen (secondary N) is 1. The lowest BCUT2D eigenvalue weighted by Gasteiger charge is -2.03. The highest BCUT2D eigenvalue weighted by Crippen LogP contribution is 2.29. The molecule has 0 saturated carbocycles. The molecule has 0 spiro atoms. The molecule has 102 valence electrons. The summed E-state index contributed by atoms with van der Waals surface area (Å²) in [6.45, 7) is 2.31. The van der Waals surface area contributed by atoms with E-state index in [0.717, 1.165) is 6.42 Å². The fraction of sp³-hybridized carbons (Fsp3) is 0.455. The smallest absolute Gasteiger partial charge is 0.334 e. The van der Waals surface area contributed by atoms with Crippen molar-refractivity contribution in [1.82, 2.24) is 14.9 Å². The standard InChI is InChI=1S/C11H15N5O3/c1-3-4-9-10(16(17)18)11(15(2)13-9)12-7-8-5-6-19-14-8/h5-6,12H,3-4,7H2,1-2H3. The molecule has 2 aromatic rings. The third-order valence-electron chi connectivity index (χ3n) is 2.69. The van der Waals surface area contributed by atoms with E-state index in [0.29, 0.717) is 30.2 Å². The Balaban J connectivity index is 2.25. The molecular weight excluding hydrogens is 250 g/mol. The van der Waals surface area contributed by atoms with Gasteiger partial charge in [-0.05, 0) is 6.42 Å². The topological polar surface area (TPSA) is 99.0 Å². The van der Waals surface area contributed by atoms with Crippen LogP contribution in [0.5, 0.6) is 0 Å². The largest absolute Gasteiger partial charge is 0.364 e. The molecule has 0 radical (unpaired) electrons. The van der Waals surface area contributed by atoms with Crippen molar-refractivity contribution in [3.8, 4) is 0 Å². The minimum Gasteiger partial charge on any atom is -0.364 e. The zero-order valence-electron chi connectivity index (χ0n) is 10.8. The van der Waals surface area contributed by atoms with Gasteiger partial charge in [0.15, 0.2) is 0 Å². The quantitative estimate of drug-likeness (QED) is 0.632. The monoisotopic (exact) mass is 265 g/mol. The molecule has 2 aromatic heterocycles. The lowest BCUT2D eigenvalue weighted by Crippen LogP contribution is -2.06. The van der Waals surface area contributed by atoms with Gasteiger partial charge >= 0.3 is 5.69 Å². The molecule has 2 heterocycles. The maximum Gasteiger partial charge on any atom is 0.334 e. The summed E-state index contributed by atoms with van der Waals surface area (Å²) in [6.07, 6.45) is 2.84. The first-order chi connectivity index (χ1) is 9.13. The van der Waals surface area contributed by atoms with E-state index in [2.05, 4.69) is 15.6 Å². The Kier molecular flexibility index (Phi) is 3.79. The maximum absolute atomic E-state index is 11.2. The molecule has 8 nitrogen and oxygen atoms in total. The van der Waals surface area contributed by atoms with Crippen LogP contribution < -0.4 is 5.32 Å². The lowest BCUT2D eigenvalue weighted by atomic mass is 10.2. The van der Waals surface area contributed by atoms with E-state index in [1.807, 2.05) is 6.92 Å². The summed E-state index contributed by atoms with van der Waals surface area (Å²) in [5.74, 6) is 0.386. The van der Waals surface area contributed by atoms with Gasteiger partial charge in [-0.2, -0.15) is 5.10 Å². The molecule has 8 heteroatoms. The van der Waals surface area contributed by atoms with Crippen LogP contribution in [0.1, 0.15) is 24.7 Å². The number of nitro groups is 1. The minimum atomic E-state index is -0.400. The third kappa shape index (κ3) is 2.72. The van der Waals surface area contributed by atoms with Gasteiger partial charge in [0.25, 0.3) is 0 Å². The number of hydrogen-bond acceptors (Lipinski definition) is 6. The van der Waals surface area contributed by atoms with E-state index in [1.165, 1.54) is 10.9 Å². The number of hydrogen-bond donors (Lipinski definition) is 1. The summed E-state index contributed by atoms with van der Waals surface area (Å²) in [5.41, 5.74) is 1.21. The van der Waals surface area contributed by atoms with E-state index < -0.39 is 4.92 Å². The number of nitrogens with zero attached hydrogens (tertiary/aromatic N) is 4. The fourth-order valence-electron chi connectivity index (χ4n) is 1.87. The molecule has 0 atom stereocenters.